The molecule has 0 heterocycles. The van der Waals surface area contributed by atoms with Crippen molar-refractivity contribution in [3.63, 3.8) is 0 Å². The van der Waals surface area contributed by atoms with E-state index in [-0.39, 0.29) is 6.61 Å². The second-order valence-electron chi connectivity index (χ2n) is 8.82. The predicted octanol–water partition coefficient (Wildman–Crippen LogP) is 5.27. The van der Waals surface area contributed by atoms with Crippen LogP contribution in [0.2, 0.25) is 0 Å². The topological polar surface area (TPSA) is 66.8 Å². The average molecular weight is 385 g/mol. The van der Waals surface area contributed by atoms with Crippen molar-refractivity contribution in [2.24, 2.45) is 17.8 Å². The van der Waals surface area contributed by atoms with E-state index in [0.717, 1.165) is 36.2 Å². The van der Waals surface area contributed by atoms with E-state index in [4.69, 9.17) is 14.9 Å². The van der Waals surface area contributed by atoms with Crippen molar-refractivity contribution in [3.05, 3.63) is 11.6 Å². The van der Waals surface area contributed by atoms with Crippen molar-refractivity contribution < 1.29 is 19.7 Å². The zero-order chi connectivity index (χ0) is 20.7. The molecule has 0 aromatic carbocycles. The van der Waals surface area contributed by atoms with Gasteiger partial charge in [-0.05, 0) is 37.5 Å². The summed E-state index contributed by atoms with van der Waals surface area (Å²) in [7, 11) is 0. The van der Waals surface area contributed by atoms with Crippen LogP contribution < -0.4 is 0 Å². The Labute approximate surface area is 167 Å². The number of hydrogen-bond acceptors (Lipinski definition) is 4. The summed E-state index contributed by atoms with van der Waals surface area (Å²) >= 11 is 0. The molecule has 0 aromatic rings. The second kappa shape index (κ2) is 16.1. The van der Waals surface area contributed by atoms with Crippen LogP contribution in [0.25, 0.3) is 0 Å². The van der Waals surface area contributed by atoms with Gasteiger partial charge in [0.15, 0.2) is 0 Å². The number of carbonyl (C=O) groups is 1. The zero-order valence-corrected chi connectivity index (χ0v) is 18.4. The lowest BCUT2D eigenvalue weighted by atomic mass is 9.91. The highest BCUT2D eigenvalue weighted by Gasteiger charge is 2.08. The first-order valence-electron chi connectivity index (χ1n) is 10.9. The summed E-state index contributed by atoms with van der Waals surface area (Å²) in [5.41, 5.74) is 1.00. The maximum absolute atomic E-state index is 11.6. The van der Waals surface area contributed by atoms with E-state index >= 15 is 0 Å². The lowest BCUT2D eigenvalue weighted by Crippen LogP contribution is -2.21. The molecule has 0 amide bonds. The second-order valence-corrected chi connectivity index (χ2v) is 8.82. The van der Waals surface area contributed by atoms with Gasteiger partial charge in [0.05, 0.1) is 6.61 Å². The number of hydrogen-bond donors (Lipinski definition) is 2. The van der Waals surface area contributed by atoms with Crippen LogP contribution in [0.5, 0.6) is 0 Å². The molecule has 0 aliphatic heterocycles. The molecule has 0 fully saturated rings. The largest absolute Gasteiger partial charge is 0.460 e. The Morgan fingerprint density at radius 1 is 0.926 bits per heavy atom. The van der Waals surface area contributed by atoms with Gasteiger partial charge in [-0.3, -0.25) is 0 Å². The van der Waals surface area contributed by atoms with E-state index in [1.54, 1.807) is 0 Å². The van der Waals surface area contributed by atoms with Gasteiger partial charge in [-0.1, -0.05) is 78.2 Å². The first kappa shape index (κ1) is 26.1. The first-order chi connectivity index (χ1) is 12.7. The monoisotopic (exact) mass is 384 g/mol. The third-order valence-electron chi connectivity index (χ3n) is 5.13. The number of aliphatic hydroxyl groups excluding tert-OH is 2. The predicted molar refractivity (Wildman–Crippen MR) is 113 cm³/mol. The molecular formula is C23H44O4. The normalized spacial score (nSPS) is 15.6. The minimum Gasteiger partial charge on any atom is -0.460 e. The minimum absolute atomic E-state index is 0.161. The molecule has 0 aliphatic carbocycles. The highest BCUT2D eigenvalue weighted by atomic mass is 16.5. The Morgan fingerprint density at radius 2 is 1.44 bits per heavy atom. The van der Waals surface area contributed by atoms with Gasteiger partial charge in [-0.25, -0.2) is 4.79 Å². The fraction of sp³-hybridized carbons (Fsp3) is 0.870. The molecule has 4 nitrogen and oxygen atoms in total. The van der Waals surface area contributed by atoms with Crippen LogP contribution in [0.4, 0.5) is 0 Å². The van der Waals surface area contributed by atoms with E-state index in [9.17, 15) is 4.79 Å². The SMILES string of the molecule is C/C(=C\C(=O)OCC(O)CO)CCCC(C)CCCC(C)CCCC(C)C. The molecule has 3 atom stereocenters. The minimum atomic E-state index is -0.999. The van der Waals surface area contributed by atoms with Crippen molar-refractivity contribution in [2.75, 3.05) is 13.2 Å². The number of esters is 1. The molecule has 0 rings (SSSR count). The van der Waals surface area contributed by atoms with Gasteiger partial charge in [-0.2, -0.15) is 0 Å². The molecule has 0 spiro atoms. The number of rotatable bonds is 16. The fourth-order valence-electron chi connectivity index (χ4n) is 3.25. The van der Waals surface area contributed by atoms with E-state index in [0.29, 0.717) is 0 Å². The first-order valence-corrected chi connectivity index (χ1v) is 10.9. The van der Waals surface area contributed by atoms with Gasteiger partial charge >= 0.3 is 5.97 Å². The van der Waals surface area contributed by atoms with Crippen molar-refractivity contribution >= 4 is 5.97 Å². The third-order valence-corrected chi connectivity index (χ3v) is 5.13. The van der Waals surface area contributed by atoms with Crippen molar-refractivity contribution in [1.82, 2.24) is 0 Å². The van der Waals surface area contributed by atoms with Gasteiger partial charge in [0.25, 0.3) is 0 Å². The van der Waals surface area contributed by atoms with E-state index in [1.165, 1.54) is 51.0 Å². The fourth-order valence-corrected chi connectivity index (χ4v) is 3.25. The molecule has 160 valence electrons. The van der Waals surface area contributed by atoms with Gasteiger partial charge in [0, 0.05) is 6.08 Å². The van der Waals surface area contributed by atoms with Crippen LogP contribution in [0, 0.1) is 17.8 Å². The summed E-state index contributed by atoms with van der Waals surface area (Å²) in [6.07, 6.45) is 11.7. The van der Waals surface area contributed by atoms with E-state index in [2.05, 4.69) is 27.7 Å². The third kappa shape index (κ3) is 17.0. The van der Waals surface area contributed by atoms with Crippen LogP contribution in [0.1, 0.15) is 92.4 Å². The quantitative estimate of drug-likeness (QED) is 0.281. The van der Waals surface area contributed by atoms with Crippen molar-refractivity contribution in [3.8, 4) is 0 Å². The molecule has 27 heavy (non-hydrogen) atoms. The molecular weight excluding hydrogens is 340 g/mol. The highest BCUT2D eigenvalue weighted by Crippen LogP contribution is 2.22. The summed E-state index contributed by atoms with van der Waals surface area (Å²) < 4.78 is 4.88. The summed E-state index contributed by atoms with van der Waals surface area (Å²) in [4.78, 5) is 11.6. The molecule has 2 N–H and O–H groups in total. The summed E-state index contributed by atoms with van der Waals surface area (Å²) in [6, 6.07) is 0. The number of allylic oxidation sites excluding steroid dienone is 1. The molecule has 0 bridgehead atoms. The average Bonchev–Trinajstić information content (AvgIpc) is 2.59. The Balaban J connectivity index is 3.78. The van der Waals surface area contributed by atoms with Crippen molar-refractivity contribution in [2.45, 2.75) is 98.5 Å². The molecule has 4 heteroatoms. The molecule has 0 aliphatic rings. The Kier molecular flexibility index (Phi) is 15.6. The molecule has 0 radical (unpaired) electrons. The van der Waals surface area contributed by atoms with Crippen LogP contribution in [-0.4, -0.2) is 35.5 Å². The summed E-state index contributed by atoms with van der Waals surface area (Å²) in [6.45, 7) is 10.7. The highest BCUT2D eigenvalue weighted by molar-refractivity contribution is 5.82. The van der Waals surface area contributed by atoms with Gasteiger partial charge in [0.1, 0.15) is 12.7 Å². The number of aliphatic hydroxyl groups is 2. The summed E-state index contributed by atoms with van der Waals surface area (Å²) in [5, 5.41) is 17.9. The molecule has 0 aromatic heterocycles. The maximum atomic E-state index is 11.6. The lowest BCUT2D eigenvalue weighted by molar-refractivity contribution is -0.141. The Hall–Kier alpha value is -0.870. The molecule has 0 saturated carbocycles. The Bertz CT molecular complexity index is 403. The number of carbonyl (C=O) groups excluding carboxylic acids is 1. The van der Waals surface area contributed by atoms with Crippen LogP contribution in [0.15, 0.2) is 11.6 Å². The lowest BCUT2D eigenvalue weighted by Gasteiger charge is -2.15. The Morgan fingerprint density at radius 3 is 1.96 bits per heavy atom. The molecule has 0 saturated heterocycles. The smallest absolute Gasteiger partial charge is 0.330 e. The van der Waals surface area contributed by atoms with Crippen molar-refractivity contribution in [1.29, 1.82) is 0 Å². The standard InChI is InChI=1S/C23H44O4/c1-18(2)9-6-10-19(3)11-7-12-20(4)13-8-14-21(5)15-23(26)27-17-22(25)16-24/h15,18-20,22,24-25H,6-14,16-17H2,1-5H3/b21-15+. The maximum Gasteiger partial charge on any atom is 0.330 e. The van der Waals surface area contributed by atoms with Gasteiger partial charge in [-0.15, -0.1) is 0 Å². The van der Waals surface area contributed by atoms with Gasteiger partial charge < -0.3 is 14.9 Å². The zero-order valence-electron chi connectivity index (χ0n) is 18.4. The number of ether oxygens (including phenoxy) is 1. The van der Waals surface area contributed by atoms with Crippen LogP contribution >= 0.6 is 0 Å². The van der Waals surface area contributed by atoms with Gasteiger partial charge in [0.2, 0.25) is 0 Å². The van der Waals surface area contributed by atoms with E-state index < -0.39 is 18.7 Å². The summed E-state index contributed by atoms with van der Waals surface area (Å²) in [5.74, 6) is 1.95. The van der Waals surface area contributed by atoms with Crippen LogP contribution in [0.3, 0.4) is 0 Å². The van der Waals surface area contributed by atoms with E-state index in [1.807, 2.05) is 6.92 Å². The molecule has 3 unspecified atom stereocenters. The van der Waals surface area contributed by atoms with Crippen LogP contribution in [-0.2, 0) is 9.53 Å².